The first kappa shape index (κ1) is 17.0. The van der Waals surface area contributed by atoms with Crippen LogP contribution in [0.25, 0.3) is 11.3 Å². The van der Waals surface area contributed by atoms with Crippen molar-refractivity contribution in [1.82, 2.24) is 4.98 Å². The highest BCUT2D eigenvalue weighted by Crippen LogP contribution is 2.27. The molecule has 0 aliphatic heterocycles. The van der Waals surface area contributed by atoms with E-state index in [2.05, 4.69) is 35.6 Å². The third-order valence-electron chi connectivity index (χ3n) is 3.94. The summed E-state index contributed by atoms with van der Waals surface area (Å²) < 4.78 is 0. The van der Waals surface area contributed by atoms with Crippen molar-refractivity contribution in [2.45, 2.75) is 6.42 Å². The van der Waals surface area contributed by atoms with Crippen molar-refractivity contribution >= 4 is 28.6 Å². The molecule has 0 aliphatic carbocycles. The summed E-state index contributed by atoms with van der Waals surface area (Å²) >= 11 is 5.94. The first-order valence-electron chi connectivity index (χ1n) is 8.01. The molecule has 0 radical (unpaired) electrons. The standard InChI is InChI=1S/C22H19ClN2/c1-16(15-18-11-13-24-14-12-18)21-5-3-4-6-22(21)17(2)25-20-9-7-19(23)8-10-20/h3-14,25H,1-2,15H2. The highest BCUT2D eigenvalue weighted by atomic mass is 35.5. The largest absolute Gasteiger partial charge is 0.356 e. The topological polar surface area (TPSA) is 24.9 Å². The van der Waals surface area contributed by atoms with E-state index in [1.54, 1.807) is 12.4 Å². The van der Waals surface area contributed by atoms with Gasteiger partial charge in [0.15, 0.2) is 0 Å². The van der Waals surface area contributed by atoms with E-state index in [1.165, 1.54) is 5.56 Å². The first-order chi connectivity index (χ1) is 12.1. The molecule has 2 aromatic carbocycles. The maximum atomic E-state index is 5.94. The Morgan fingerprint density at radius 3 is 2.20 bits per heavy atom. The number of aromatic nitrogens is 1. The number of pyridine rings is 1. The molecule has 3 heteroatoms. The summed E-state index contributed by atoms with van der Waals surface area (Å²) in [5, 5.41) is 4.05. The Bertz CT molecular complexity index is 883. The smallest absolute Gasteiger partial charge is 0.0407 e. The van der Waals surface area contributed by atoms with Crippen molar-refractivity contribution in [3.8, 4) is 0 Å². The molecule has 25 heavy (non-hydrogen) atoms. The SMILES string of the molecule is C=C(Cc1ccncc1)c1ccccc1C(=C)Nc1ccc(Cl)cc1. The molecule has 2 nitrogen and oxygen atoms in total. The van der Waals surface area contributed by atoms with Crippen LogP contribution in [0, 0.1) is 0 Å². The van der Waals surface area contributed by atoms with E-state index < -0.39 is 0 Å². The molecule has 0 fully saturated rings. The van der Waals surface area contributed by atoms with Crippen LogP contribution < -0.4 is 5.32 Å². The van der Waals surface area contributed by atoms with E-state index in [9.17, 15) is 0 Å². The molecule has 124 valence electrons. The number of nitrogens with one attached hydrogen (secondary N) is 1. The van der Waals surface area contributed by atoms with Gasteiger partial charge >= 0.3 is 0 Å². The number of allylic oxidation sites excluding steroid dienone is 1. The van der Waals surface area contributed by atoms with Gasteiger partial charge in [-0.05, 0) is 59.5 Å². The highest BCUT2D eigenvalue weighted by molar-refractivity contribution is 6.30. The van der Waals surface area contributed by atoms with Crippen LogP contribution in [0.4, 0.5) is 5.69 Å². The van der Waals surface area contributed by atoms with Crippen molar-refractivity contribution in [3.05, 3.63) is 108 Å². The minimum absolute atomic E-state index is 0.710. The van der Waals surface area contributed by atoms with E-state index >= 15 is 0 Å². The molecule has 3 rings (SSSR count). The van der Waals surface area contributed by atoms with Gasteiger partial charge in [0.2, 0.25) is 0 Å². The van der Waals surface area contributed by atoms with Crippen LogP contribution in [0.15, 0.2) is 86.2 Å². The van der Waals surface area contributed by atoms with Crippen molar-refractivity contribution < 1.29 is 0 Å². The molecule has 0 aliphatic rings. The lowest BCUT2D eigenvalue weighted by Gasteiger charge is -2.16. The molecule has 0 saturated carbocycles. The Hall–Kier alpha value is -2.84. The Kier molecular flexibility index (Phi) is 5.32. The van der Waals surface area contributed by atoms with E-state index in [0.717, 1.165) is 34.5 Å². The van der Waals surface area contributed by atoms with Crippen LogP contribution in [0.1, 0.15) is 16.7 Å². The van der Waals surface area contributed by atoms with Crippen LogP contribution in [-0.2, 0) is 6.42 Å². The zero-order valence-electron chi connectivity index (χ0n) is 13.9. The van der Waals surface area contributed by atoms with Gasteiger partial charge in [0, 0.05) is 34.4 Å². The average Bonchev–Trinajstić information content (AvgIpc) is 2.64. The van der Waals surface area contributed by atoms with E-state index in [-0.39, 0.29) is 0 Å². The number of hydrogen-bond donors (Lipinski definition) is 1. The average molecular weight is 347 g/mol. The molecule has 0 amide bonds. The van der Waals surface area contributed by atoms with Crippen LogP contribution in [-0.4, -0.2) is 4.98 Å². The van der Waals surface area contributed by atoms with Crippen molar-refractivity contribution in [2.75, 3.05) is 5.32 Å². The lowest BCUT2D eigenvalue weighted by molar-refractivity contribution is 1.22. The second-order valence-electron chi connectivity index (χ2n) is 5.79. The highest BCUT2D eigenvalue weighted by Gasteiger charge is 2.09. The Morgan fingerprint density at radius 1 is 0.880 bits per heavy atom. The number of halogens is 1. The zero-order valence-corrected chi connectivity index (χ0v) is 14.6. The van der Waals surface area contributed by atoms with E-state index in [0.29, 0.717) is 5.02 Å². The summed E-state index contributed by atoms with van der Waals surface area (Å²) in [4.78, 5) is 4.06. The fraction of sp³-hybridized carbons (Fsp3) is 0.0455. The predicted octanol–water partition coefficient (Wildman–Crippen LogP) is 6.07. The van der Waals surface area contributed by atoms with Crippen LogP contribution >= 0.6 is 11.6 Å². The molecule has 1 heterocycles. The fourth-order valence-corrected chi connectivity index (χ4v) is 2.80. The van der Waals surface area contributed by atoms with Gasteiger partial charge < -0.3 is 5.32 Å². The maximum absolute atomic E-state index is 5.94. The Morgan fingerprint density at radius 2 is 1.52 bits per heavy atom. The lowest BCUT2D eigenvalue weighted by atomic mass is 9.94. The van der Waals surface area contributed by atoms with E-state index in [1.807, 2.05) is 48.5 Å². The Labute approximate surface area is 153 Å². The number of anilines is 1. The normalized spacial score (nSPS) is 10.3. The van der Waals surface area contributed by atoms with Gasteiger partial charge in [-0.15, -0.1) is 0 Å². The molecule has 0 bridgehead atoms. The summed E-state index contributed by atoms with van der Waals surface area (Å²) in [5.41, 5.74) is 6.13. The molecule has 0 saturated heterocycles. The summed E-state index contributed by atoms with van der Waals surface area (Å²) in [6.07, 6.45) is 4.37. The minimum atomic E-state index is 0.710. The molecule has 1 aromatic heterocycles. The summed E-state index contributed by atoms with van der Waals surface area (Å²) in [6.45, 7) is 8.47. The monoisotopic (exact) mass is 346 g/mol. The van der Waals surface area contributed by atoms with Gasteiger partial charge in [-0.25, -0.2) is 0 Å². The molecular weight excluding hydrogens is 328 g/mol. The summed E-state index contributed by atoms with van der Waals surface area (Å²) in [5.74, 6) is 0. The molecular formula is C22H19ClN2. The van der Waals surface area contributed by atoms with Gasteiger partial charge in [0.1, 0.15) is 0 Å². The Balaban J connectivity index is 1.81. The molecule has 1 N–H and O–H groups in total. The first-order valence-corrected chi connectivity index (χ1v) is 8.39. The third kappa shape index (κ3) is 4.37. The second kappa shape index (κ2) is 7.82. The summed E-state index contributed by atoms with van der Waals surface area (Å²) in [7, 11) is 0. The van der Waals surface area contributed by atoms with Gasteiger partial charge in [-0.2, -0.15) is 0 Å². The second-order valence-corrected chi connectivity index (χ2v) is 6.23. The van der Waals surface area contributed by atoms with Crippen molar-refractivity contribution in [2.24, 2.45) is 0 Å². The fourth-order valence-electron chi connectivity index (χ4n) is 2.67. The molecule has 0 atom stereocenters. The summed E-state index contributed by atoms with van der Waals surface area (Å²) in [6, 6.07) is 19.7. The van der Waals surface area contributed by atoms with E-state index in [4.69, 9.17) is 11.6 Å². The van der Waals surface area contributed by atoms with Crippen LogP contribution in [0.2, 0.25) is 5.02 Å². The van der Waals surface area contributed by atoms with Crippen LogP contribution in [0.3, 0.4) is 0 Å². The minimum Gasteiger partial charge on any atom is -0.356 e. The van der Waals surface area contributed by atoms with Crippen molar-refractivity contribution in [3.63, 3.8) is 0 Å². The lowest BCUT2D eigenvalue weighted by Crippen LogP contribution is -2.01. The maximum Gasteiger partial charge on any atom is 0.0407 e. The van der Waals surface area contributed by atoms with Crippen LogP contribution in [0.5, 0.6) is 0 Å². The van der Waals surface area contributed by atoms with Gasteiger partial charge in [0.05, 0.1) is 0 Å². The molecule has 0 unspecified atom stereocenters. The van der Waals surface area contributed by atoms with Crippen molar-refractivity contribution in [1.29, 1.82) is 0 Å². The quantitative estimate of drug-likeness (QED) is 0.585. The van der Waals surface area contributed by atoms with Gasteiger partial charge in [0.25, 0.3) is 0 Å². The number of hydrogen-bond acceptors (Lipinski definition) is 2. The predicted molar refractivity (Wildman–Crippen MR) is 108 cm³/mol. The third-order valence-corrected chi connectivity index (χ3v) is 4.19. The van der Waals surface area contributed by atoms with Gasteiger partial charge in [-0.3, -0.25) is 4.98 Å². The van der Waals surface area contributed by atoms with Gasteiger partial charge in [-0.1, -0.05) is 49.0 Å². The molecule has 3 aromatic rings. The molecule has 0 spiro atoms. The number of benzene rings is 2. The number of rotatable bonds is 6. The number of nitrogens with zero attached hydrogens (tertiary/aromatic N) is 1. The zero-order chi connectivity index (χ0) is 17.6.